The number of methoxy groups -OCH3 is 1. The van der Waals surface area contributed by atoms with Crippen LogP contribution in [0.25, 0.3) is 0 Å². The quantitative estimate of drug-likeness (QED) is 0.573. The first-order valence-corrected chi connectivity index (χ1v) is 5.41. The van der Waals surface area contributed by atoms with Crippen molar-refractivity contribution in [2.75, 3.05) is 7.11 Å². The first-order chi connectivity index (χ1) is 7.76. The molecule has 0 heterocycles. The van der Waals surface area contributed by atoms with E-state index in [1.54, 1.807) is 0 Å². The topological polar surface area (TPSA) is 26.3 Å². The molecule has 0 atom stereocenters. The molecule has 0 unspecified atom stereocenters. The van der Waals surface area contributed by atoms with Gasteiger partial charge in [0, 0.05) is 12.0 Å². The normalized spacial score (nSPS) is 9.12. The highest BCUT2D eigenvalue weighted by atomic mass is 16.5. The van der Waals surface area contributed by atoms with Crippen LogP contribution >= 0.6 is 0 Å². The molecular weight excluding hydrogens is 200 g/mol. The predicted octanol–water partition coefficient (Wildman–Crippen LogP) is 2.55. The Balaban J connectivity index is 2.72. The first kappa shape index (κ1) is 12.3. The van der Waals surface area contributed by atoms with Crippen molar-refractivity contribution >= 4 is 5.97 Å². The van der Waals surface area contributed by atoms with Crippen molar-refractivity contribution in [2.24, 2.45) is 0 Å². The molecule has 0 aliphatic heterocycles. The summed E-state index contributed by atoms with van der Waals surface area (Å²) in [5.74, 6) is 5.93. The Bertz CT molecular complexity index is 410. The maximum Gasteiger partial charge on any atom is 0.309 e. The minimum absolute atomic E-state index is 0.223. The van der Waals surface area contributed by atoms with Crippen LogP contribution in [-0.4, -0.2) is 13.1 Å². The molecule has 1 aromatic rings. The zero-order chi connectivity index (χ0) is 11.8. The third-order valence-corrected chi connectivity index (χ3v) is 2.11. The van der Waals surface area contributed by atoms with Gasteiger partial charge in [0.25, 0.3) is 0 Å². The number of carbonyl (C=O) groups is 1. The van der Waals surface area contributed by atoms with Gasteiger partial charge in [-0.15, -0.1) is 0 Å². The van der Waals surface area contributed by atoms with Gasteiger partial charge in [0.1, 0.15) is 0 Å². The van der Waals surface area contributed by atoms with Crippen LogP contribution in [0.2, 0.25) is 0 Å². The van der Waals surface area contributed by atoms with E-state index in [4.69, 9.17) is 0 Å². The molecule has 0 radical (unpaired) electrons. The van der Waals surface area contributed by atoms with Crippen LogP contribution in [0.15, 0.2) is 24.3 Å². The number of unbranched alkanes of at least 4 members (excludes halogenated alkanes) is 1. The van der Waals surface area contributed by atoms with E-state index in [9.17, 15) is 4.79 Å². The number of hydrogen-bond donors (Lipinski definition) is 0. The van der Waals surface area contributed by atoms with Crippen molar-refractivity contribution in [3.05, 3.63) is 35.4 Å². The van der Waals surface area contributed by atoms with Crippen LogP contribution in [0, 0.1) is 11.8 Å². The molecule has 0 saturated carbocycles. The summed E-state index contributed by atoms with van der Waals surface area (Å²) in [5.41, 5.74) is 1.89. The Morgan fingerprint density at radius 3 is 2.94 bits per heavy atom. The summed E-state index contributed by atoms with van der Waals surface area (Å²) >= 11 is 0. The highest BCUT2D eigenvalue weighted by Gasteiger charge is 2.02. The maximum atomic E-state index is 11.1. The molecule has 84 valence electrons. The van der Waals surface area contributed by atoms with Crippen molar-refractivity contribution in [3.8, 4) is 11.8 Å². The fraction of sp³-hybridized carbons (Fsp3) is 0.357. The van der Waals surface area contributed by atoms with Crippen LogP contribution in [-0.2, 0) is 16.0 Å². The summed E-state index contributed by atoms with van der Waals surface area (Å²) in [5, 5.41) is 0. The lowest BCUT2D eigenvalue weighted by Crippen LogP contribution is -2.04. The van der Waals surface area contributed by atoms with Gasteiger partial charge >= 0.3 is 5.97 Å². The van der Waals surface area contributed by atoms with Gasteiger partial charge < -0.3 is 4.74 Å². The number of hydrogen-bond acceptors (Lipinski definition) is 2. The van der Waals surface area contributed by atoms with Gasteiger partial charge in [-0.1, -0.05) is 30.9 Å². The average molecular weight is 216 g/mol. The van der Waals surface area contributed by atoms with Gasteiger partial charge in [0.2, 0.25) is 0 Å². The molecule has 1 aromatic carbocycles. The number of rotatable bonds is 3. The Morgan fingerprint density at radius 1 is 1.44 bits per heavy atom. The van der Waals surface area contributed by atoms with Crippen molar-refractivity contribution in [3.63, 3.8) is 0 Å². The fourth-order valence-electron chi connectivity index (χ4n) is 1.29. The van der Waals surface area contributed by atoms with Crippen molar-refractivity contribution in [2.45, 2.75) is 26.2 Å². The SMILES string of the molecule is CCCC#Cc1cccc(CC(=O)OC)c1. The molecule has 2 heteroatoms. The summed E-state index contributed by atoms with van der Waals surface area (Å²) in [7, 11) is 1.40. The average Bonchev–Trinajstić information content (AvgIpc) is 2.30. The standard InChI is InChI=1S/C14H16O2/c1-3-4-5-7-12-8-6-9-13(10-12)11-14(15)16-2/h6,8-10H,3-4,11H2,1-2H3. The van der Waals surface area contributed by atoms with E-state index in [2.05, 4.69) is 23.5 Å². The molecule has 0 bridgehead atoms. The summed E-state index contributed by atoms with van der Waals surface area (Å²) < 4.78 is 4.62. The van der Waals surface area contributed by atoms with E-state index < -0.39 is 0 Å². The Morgan fingerprint density at radius 2 is 2.25 bits per heavy atom. The molecule has 0 aliphatic rings. The van der Waals surface area contributed by atoms with Crippen molar-refractivity contribution in [1.82, 2.24) is 0 Å². The molecular formula is C14H16O2. The van der Waals surface area contributed by atoms with E-state index in [1.165, 1.54) is 7.11 Å². The van der Waals surface area contributed by atoms with Crippen molar-refractivity contribution in [1.29, 1.82) is 0 Å². The van der Waals surface area contributed by atoms with Crippen LogP contribution in [0.3, 0.4) is 0 Å². The van der Waals surface area contributed by atoms with Gasteiger partial charge in [-0.2, -0.15) is 0 Å². The van der Waals surface area contributed by atoms with E-state index >= 15 is 0 Å². The zero-order valence-electron chi connectivity index (χ0n) is 9.75. The molecule has 0 amide bonds. The lowest BCUT2D eigenvalue weighted by atomic mass is 10.1. The number of esters is 1. The third-order valence-electron chi connectivity index (χ3n) is 2.11. The minimum Gasteiger partial charge on any atom is -0.469 e. The van der Waals surface area contributed by atoms with Crippen molar-refractivity contribution < 1.29 is 9.53 Å². The smallest absolute Gasteiger partial charge is 0.309 e. The predicted molar refractivity (Wildman–Crippen MR) is 63.9 cm³/mol. The van der Waals surface area contributed by atoms with Crippen LogP contribution in [0.1, 0.15) is 30.9 Å². The molecule has 0 N–H and O–H groups in total. The van der Waals surface area contributed by atoms with Crippen LogP contribution < -0.4 is 0 Å². The largest absolute Gasteiger partial charge is 0.469 e. The molecule has 0 aromatic heterocycles. The van der Waals surface area contributed by atoms with Gasteiger partial charge in [0.05, 0.1) is 13.5 Å². The second-order valence-electron chi connectivity index (χ2n) is 3.51. The Labute approximate surface area is 96.6 Å². The van der Waals surface area contributed by atoms with E-state index in [0.29, 0.717) is 6.42 Å². The second kappa shape index (κ2) is 6.68. The van der Waals surface area contributed by atoms with Crippen LogP contribution in [0.5, 0.6) is 0 Å². The Kier molecular flexibility index (Phi) is 5.15. The van der Waals surface area contributed by atoms with E-state index in [-0.39, 0.29) is 5.97 Å². The second-order valence-corrected chi connectivity index (χ2v) is 3.51. The molecule has 2 nitrogen and oxygen atoms in total. The molecule has 16 heavy (non-hydrogen) atoms. The van der Waals surface area contributed by atoms with Gasteiger partial charge in [0.15, 0.2) is 0 Å². The van der Waals surface area contributed by atoms with Gasteiger partial charge in [-0.3, -0.25) is 4.79 Å². The monoisotopic (exact) mass is 216 g/mol. The highest BCUT2D eigenvalue weighted by molar-refractivity contribution is 5.72. The molecule has 0 aliphatic carbocycles. The van der Waals surface area contributed by atoms with E-state index in [1.807, 2.05) is 24.3 Å². The first-order valence-electron chi connectivity index (χ1n) is 5.41. The fourth-order valence-corrected chi connectivity index (χ4v) is 1.29. The van der Waals surface area contributed by atoms with Gasteiger partial charge in [-0.05, 0) is 24.1 Å². The number of benzene rings is 1. The molecule has 1 rings (SSSR count). The zero-order valence-corrected chi connectivity index (χ0v) is 9.75. The Hall–Kier alpha value is -1.75. The summed E-state index contributed by atoms with van der Waals surface area (Å²) in [6, 6.07) is 7.69. The minimum atomic E-state index is -0.223. The maximum absolute atomic E-state index is 11.1. The summed E-state index contributed by atoms with van der Waals surface area (Å²) in [6.45, 7) is 2.10. The third kappa shape index (κ3) is 4.18. The van der Waals surface area contributed by atoms with E-state index in [0.717, 1.165) is 24.0 Å². The number of carbonyl (C=O) groups excluding carboxylic acids is 1. The summed E-state index contributed by atoms with van der Waals surface area (Å²) in [4.78, 5) is 11.1. The summed E-state index contributed by atoms with van der Waals surface area (Å²) in [6.07, 6.45) is 2.27. The van der Waals surface area contributed by atoms with Gasteiger partial charge in [-0.25, -0.2) is 0 Å². The molecule has 0 saturated heterocycles. The molecule has 0 spiro atoms. The highest BCUT2D eigenvalue weighted by Crippen LogP contribution is 2.05. The number of ether oxygens (including phenoxy) is 1. The van der Waals surface area contributed by atoms with Crippen LogP contribution in [0.4, 0.5) is 0 Å². The molecule has 0 fully saturated rings. The lowest BCUT2D eigenvalue weighted by Gasteiger charge is -2.00. The lowest BCUT2D eigenvalue weighted by molar-refractivity contribution is -0.139.